The Balaban J connectivity index is 2.08. The topological polar surface area (TPSA) is 42.0 Å². The number of hydrogen-bond donors (Lipinski definition) is 1. The number of rotatable bonds is 3. The van der Waals surface area contributed by atoms with E-state index in [0.29, 0.717) is 15.1 Å². The van der Waals surface area contributed by atoms with E-state index in [-0.39, 0.29) is 11.9 Å². The van der Waals surface area contributed by atoms with Gasteiger partial charge in [-0.1, -0.05) is 23.2 Å². The second-order valence-electron chi connectivity index (χ2n) is 3.70. The molecule has 0 aliphatic heterocycles. The minimum absolute atomic E-state index is 0.115. The lowest BCUT2D eigenvalue weighted by molar-refractivity contribution is 0.0935. The first-order chi connectivity index (χ1) is 8.56. The molecule has 1 unspecified atom stereocenters. The third-order valence-corrected chi connectivity index (χ3v) is 3.97. The summed E-state index contributed by atoms with van der Waals surface area (Å²) in [5.74, 6) is -0.255. The van der Waals surface area contributed by atoms with Crippen LogP contribution in [0.2, 0.25) is 9.36 Å². The van der Waals surface area contributed by atoms with E-state index in [9.17, 15) is 4.79 Å². The van der Waals surface area contributed by atoms with Gasteiger partial charge in [-0.2, -0.15) is 0 Å². The fourth-order valence-corrected chi connectivity index (χ4v) is 2.65. The average Bonchev–Trinajstić information content (AvgIpc) is 2.76. The van der Waals surface area contributed by atoms with E-state index in [2.05, 4.69) is 10.3 Å². The molecule has 1 atom stereocenters. The molecule has 0 spiro atoms. The van der Waals surface area contributed by atoms with Gasteiger partial charge in [0.2, 0.25) is 0 Å². The molecular weight excluding hydrogens is 291 g/mol. The minimum Gasteiger partial charge on any atom is -0.343 e. The zero-order valence-electron chi connectivity index (χ0n) is 9.48. The first kappa shape index (κ1) is 13.3. The number of hydrogen-bond acceptors (Lipinski definition) is 3. The molecule has 0 fully saturated rings. The van der Waals surface area contributed by atoms with Crippen LogP contribution in [-0.4, -0.2) is 10.9 Å². The predicted molar refractivity (Wildman–Crippen MR) is 74.5 cm³/mol. The van der Waals surface area contributed by atoms with E-state index < -0.39 is 0 Å². The van der Waals surface area contributed by atoms with E-state index in [1.54, 1.807) is 6.07 Å². The largest absolute Gasteiger partial charge is 0.343 e. The quantitative estimate of drug-likeness (QED) is 0.933. The molecule has 2 aromatic rings. The Labute approximate surface area is 119 Å². The van der Waals surface area contributed by atoms with Gasteiger partial charge in [-0.3, -0.25) is 9.78 Å². The van der Waals surface area contributed by atoms with E-state index in [4.69, 9.17) is 23.2 Å². The van der Waals surface area contributed by atoms with Crippen molar-refractivity contribution in [2.75, 3.05) is 0 Å². The predicted octanol–water partition coefficient (Wildman–Crippen LogP) is 3.94. The highest BCUT2D eigenvalue weighted by Crippen LogP contribution is 2.26. The van der Waals surface area contributed by atoms with Crippen molar-refractivity contribution >= 4 is 40.4 Å². The Morgan fingerprint density at radius 1 is 1.39 bits per heavy atom. The van der Waals surface area contributed by atoms with Gasteiger partial charge in [0.25, 0.3) is 5.91 Å². The lowest BCUT2D eigenvalue weighted by Crippen LogP contribution is -2.26. The molecule has 3 nitrogen and oxygen atoms in total. The van der Waals surface area contributed by atoms with Crippen LogP contribution in [0, 0.1) is 0 Å². The first-order valence-corrected chi connectivity index (χ1v) is 6.81. The van der Waals surface area contributed by atoms with Crippen LogP contribution in [0.1, 0.15) is 28.3 Å². The van der Waals surface area contributed by atoms with Gasteiger partial charge in [0.15, 0.2) is 0 Å². The number of thiophene rings is 1. The van der Waals surface area contributed by atoms with Crippen molar-refractivity contribution in [1.29, 1.82) is 0 Å². The molecule has 2 aromatic heterocycles. The van der Waals surface area contributed by atoms with Crippen LogP contribution in [0.25, 0.3) is 0 Å². The number of aromatic nitrogens is 1. The van der Waals surface area contributed by atoms with Gasteiger partial charge < -0.3 is 5.32 Å². The summed E-state index contributed by atoms with van der Waals surface area (Å²) in [6.45, 7) is 1.89. The Bertz CT molecular complexity index is 571. The summed E-state index contributed by atoms with van der Waals surface area (Å²) in [4.78, 5) is 16.9. The van der Waals surface area contributed by atoms with Gasteiger partial charge >= 0.3 is 0 Å². The Morgan fingerprint density at radius 3 is 2.78 bits per heavy atom. The minimum atomic E-state index is -0.255. The Morgan fingerprint density at radius 2 is 2.17 bits per heavy atom. The van der Waals surface area contributed by atoms with Crippen molar-refractivity contribution in [1.82, 2.24) is 10.3 Å². The third kappa shape index (κ3) is 3.22. The van der Waals surface area contributed by atoms with Crippen LogP contribution in [0.15, 0.2) is 30.5 Å². The van der Waals surface area contributed by atoms with Gasteiger partial charge in [-0.15, -0.1) is 11.3 Å². The summed E-state index contributed by atoms with van der Waals surface area (Å²) in [5, 5.41) is 3.33. The summed E-state index contributed by atoms with van der Waals surface area (Å²) in [7, 11) is 0. The number of carbonyl (C=O) groups excluding carboxylic acids is 1. The third-order valence-electron chi connectivity index (χ3n) is 2.32. The number of amides is 1. The van der Waals surface area contributed by atoms with Gasteiger partial charge in [-0.05, 0) is 31.2 Å². The molecule has 0 aliphatic rings. The zero-order valence-corrected chi connectivity index (χ0v) is 11.8. The smallest absolute Gasteiger partial charge is 0.270 e. The number of halogens is 2. The normalized spacial score (nSPS) is 12.2. The lowest BCUT2D eigenvalue weighted by Gasteiger charge is -2.11. The molecular formula is C12H10Cl2N2OS. The van der Waals surface area contributed by atoms with Crippen LogP contribution in [0.4, 0.5) is 0 Å². The zero-order chi connectivity index (χ0) is 13.1. The summed E-state index contributed by atoms with van der Waals surface area (Å²) >= 11 is 13.1. The van der Waals surface area contributed by atoms with Gasteiger partial charge in [0, 0.05) is 16.1 Å². The second kappa shape index (κ2) is 5.69. The van der Waals surface area contributed by atoms with E-state index >= 15 is 0 Å². The molecule has 0 saturated heterocycles. The van der Waals surface area contributed by atoms with Crippen LogP contribution in [-0.2, 0) is 0 Å². The fourth-order valence-electron chi connectivity index (χ4n) is 1.43. The monoisotopic (exact) mass is 300 g/mol. The maximum Gasteiger partial charge on any atom is 0.270 e. The van der Waals surface area contributed by atoms with E-state index in [0.717, 1.165) is 4.88 Å². The highest BCUT2D eigenvalue weighted by molar-refractivity contribution is 7.16. The molecule has 0 aromatic carbocycles. The number of nitrogens with one attached hydrogen (secondary N) is 1. The Kier molecular flexibility index (Phi) is 4.22. The van der Waals surface area contributed by atoms with Crippen LogP contribution < -0.4 is 5.32 Å². The molecule has 1 amide bonds. The summed E-state index contributed by atoms with van der Waals surface area (Å²) in [6, 6.07) is 6.74. The summed E-state index contributed by atoms with van der Waals surface area (Å²) in [5.41, 5.74) is 0.303. The molecule has 2 rings (SSSR count). The summed E-state index contributed by atoms with van der Waals surface area (Å²) < 4.78 is 0.701. The van der Waals surface area contributed by atoms with E-state index in [1.807, 2.05) is 19.1 Å². The van der Waals surface area contributed by atoms with Crippen LogP contribution in [0.5, 0.6) is 0 Å². The number of pyridine rings is 1. The molecule has 94 valence electrons. The number of carbonyl (C=O) groups is 1. The Hall–Kier alpha value is -1.10. The van der Waals surface area contributed by atoms with Gasteiger partial charge in [0.05, 0.1) is 10.4 Å². The summed E-state index contributed by atoms with van der Waals surface area (Å²) in [6.07, 6.45) is 1.50. The van der Waals surface area contributed by atoms with E-state index in [1.165, 1.54) is 23.6 Å². The van der Waals surface area contributed by atoms with Crippen LogP contribution >= 0.6 is 34.5 Å². The molecule has 18 heavy (non-hydrogen) atoms. The lowest BCUT2D eigenvalue weighted by atomic mass is 10.2. The molecule has 0 aliphatic carbocycles. The van der Waals surface area contributed by atoms with Gasteiger partial charge in [0.1, 0.15) is 5.69 Å². The van der Waals surface area contributed by atoms with Crippen LogP contribution in [0.3, 0.4) is 0 Å². The maximum atomic E-state index is 11.9. The standard InChI is InChI=1S/C12H10Cl2N2OS/c1-7(10-2-3-11(14)18-10)16-12(17)9-6-8(13)4-5-15-9/h2-7H,1H3,(H,16,17). The first-order valence-electron chi connectivity index (χ1n) is 5.24. The molecule has 0 radical (unpaired) electrons. The molecule has 1 N–H and O–H groups in total. The molecule has 0 bridgehead atoms. The SMILES string of the molecule is CC(NC(=O)c1cc(Cl)ccn1)c1ccc(Cl)s1. The highest BCUT2D eigenvalue weighted by Gasteiger charge is 2.14. The second-order valence-corrected chi connectivity index (χ2v) is 5.88. The number of nitrogens with zero attached hydrogens (tertiary/aromatic N) is 1. The van der Waals surface area contributed by atoms with Crippen molar-refractivity contribution in [2.45, 2.75) is 13.0 Å². The van der Waals surface area contributed by atoms with Gasteiger partial charge in [-0.25, -0.2) is 0 Å². The van der Waals surface area contributed by atoms with Crippen molar-refractivity contribution in [3.63, 3.8) is 0 Å². The molecule has 0 saturated carbocycles. The van der Waals surface area contributed by atoms with Crippen molar-refractivity contribution in [3.8, 4) is 0 Å². The molecule has 6 heteroatoms. The maximum absolute atomic E-state index is 11.9. The fraction of sp³-hybridized carbons (Fsp3) is 0.167. The average molecular weight is 301 g/mol. The van der Waals surface area contributed by atoms with Crippen molar-refractivity contribution < 1.29 is 4.79 Å². The van der Waals surface area contributed by atoms with Crippen molar-refractivity contribution in [2.24, 2.45) is 0 Å². The molecule has 2 heterocycles. The van der Waals surface area contributed by atoms with Crippen molar-refractivity contribution in [3.05, 3.63) is 50.4 Å². The highest BCUT2D eigenvalue weighted by atomic mass is 35.5.